The minimum atomic E-state index is 0.558. The molecule has 0 heteroatoms. The molecule has 0 aromatic heterocycles. The van der Waals surface area contributed by atoms with E-state index < -0.39 is 0 Å². The first-order chi connectivity index (χ1) is 6.24. The molecule has 2 fully saturated rings. The van der Waals surface area contributed by atoms with Crippen LogP contribution in [-0.2, 0) is 0 Å². The topological polar surface area (TPSA) is 0 Å². The van der Waals surface area contributed by atoms with Crippen molar-refractivity contribution in [3.63, 3.8) is 0 Å². The summed E-state index contributed by atoms with van der Waals surface area (Å²) in [6, 6.07) is 0. The smallest absolute Gasteiger partial charge is 0.0132 e. The van der Waals surface area contributed by atoms with E-state index in [2.05, 4.69) is 13.5 Å². The molecule has 4 aliphatic rings. The SMILES string of the molecule is C=C1C2CCC13CC2C1=C3C(C)C1. The lowest BCUT2D eigenvalue weighted by atomic mass is 9.64. The maximum Gasteiger partial charge on any atom is 0.0132 e. The van der Waals surface area contributed by atoms with Gasteiger partial charge in [-0.2, -0.15) is 0 Å². The Labute approximate surface area is 79.7 Å². The second kappa shape index (κ2) is 1.67. The minimum absolute atomic E-state index is 0.558. The summed E-state index contributed by atoms with van der Waals surface area (Å²) < 4.78 is 0. The molecular formula is C13H16. The standard InChI is InChI=1S/C13H16/c1-7-5-10-11-6-13(12(7)10)4-3-9(11)8(13)2/h7,9,11H,2-6H2,1H3. The normalized spacial score (nSPS) is 55.8. The zero-order valence-corrected chi connectivity index (χ0v) is 8.27. The second-order valence-corrected chi connectivity index (χ2v) is 5.61. The predicted molar refractivity (Wildman–Crippen MR) is 53.2 cm³/mol. The van der Waals surface area contributed by atoms with Gasteiger partial charge in [0.1, 0.15) is 0 Å². The van der Waals surface area contributed by atoms with Crippen molar-refractivity contribution >= 4 is 0 Å². The lowest BCUT2D eigenvalue weighted by Crippen LogP contribution is -2.28. The van der Waals surface area contributed by atoms with Gasteiger partial charge < -0.3 is 0 Å². The van der Waals surface area contributed by atoms with Crippen molar-refractivity contribution in [3.05, 3.63) is 23.3 Å². The van der Waals surface area contributed by atoms with Crippen molar-refractivity contribution in [2.75, 3.05) is 0 Å². The van der Waals surface area contributed by atoms with Gasteiger partial charge in [0.25, 0.3) is 0 Å². The van der Waals surface area contributed by atoms with Crippen molar-refractivity contribution < 1.29 is 0 Å². The predicted octanol–water partition coefficient (Wildman–Crippen LogP) is 3.31. The van der Waals surface area contributed by atoms with Crippen molar-refractivity contribution in [2.45, 2.75) is 32.6 Å². The molecule has 0 N–H and O–H groups in total. The highest BCUT2D eigenvalue weighted by atomic mass is 14.7. The molecule has 3 bridgehead atoms. The fourth-order valence-electron chi connectivity index (χ4n) is 4.93. The fourth-order valence-corrected chi connectivity index (χ4v) is 4.93. The highest BCUT2D eigenvalue weighted by Crippen LogP contribution is 2.75. The number of hydrogen-bond acceptors (Lipinski definition) is 0. The molecule has 0 aromatic rings. The lowest BCUT2D eigenvalue weighted by molar-refractivity contribution is 0.357. The second-order valence-electron chi connectivity index (χ2n) is 5.61. The summed E-state index contributed by atoms with van der Waals surface area (Å²) in [6.45, 7) is 6.78. The Morgan fingerprint density at radius 1 is 1.38 bits per heavy atom. The molecule has 13 heavy (non-hydrogen) atoms. The number of fused-ring (bicyclic) bond motifs is 4. The largest absolute Gasteiger partial charge is 0.0987 e. The lowest BCUT2D eigenvalue weighted by Gasteiger charge is -2.40. The summed E-state index contributed by atoms with van der Waals surface area (Å²) in [5, 5.41) is 0. The maximum atomic E-state index is 4.37. The molecule has 4 rings (SSSR count). The first kappa shape index (κ1) is 6.86. The van der Waals surface area contributed by atoms with Crippen LogP contribution in [-0.4, -0.2) is 0 Å². The van der Waals surface area contributed by atoms with Crippen LogP contribution < -0.4 is 0 Å². The Morgan fingerprint density at radius 3 is 3.00 bits per heavy atom. The van der Waals surface area contributed by atoms with E-state index in [0.717, 1.165) is 17.8 Å². The quantitative estimate of drug-likeness (QED) is 0.492. The molecule has 0 nitrogen and oxygen atoms in total. The van der Waals surface area contributed by atoms with E-state index in [4.69, 9.17) is 0 Å². The summed E-state index contributed by atoms with van der Waals surface area (Å²) in [4.78, 5) is 0. The average Bonchev–Trinajstić information content (AvgIpc) is 2.58. The third-order valence-electron chi connectivity index (χ3n) is 5.33. The van der Waals surface area contributed by atoms with E-state index in [1.54, 1.807) is 5.57 Å². The number of rotatable bonds is 0. The fraction of sp³-hybridized carbons (Fsp3) is 0.692. The van der Waals surface area contributed by atoms with E-state index in [-0.39, 0.29) is 0 Å². The molecule has 4 unspecified atom stereocenters. The molecule has 4 aliphatic carbocycles. The summed E-state index contributed by atoms with van der Waals surface area (Å²) in [6.07, 6.45) is 5.77. The van der Waals surface area contributed by atoms with Crippen molar-refractivity contribution in [3.8, 4) is 0 Å². The molecule has 0 heterocycles. The number of hydrogen-bond donors (Lipinski definition) is 0. The van der Waals surface area contributed by atoms with Crippen molar-refractivity contribution in [1.82, 2.24) is 0 Å². The monoisotopic (exact) mass is 172 g/mol. The van der Waals surface area contributed by atoms with Crippen LogP contribution >= 0.6 is 0 Å². The van der Waals surface area contributed by atoms with E-state index in [0.29, 0.717) is 5.41 Å². The van der Waals surface area contributed by atoms with Gasteiger partial charge in [-0.05, 0) is 43.4 Å². The Bertz CT molecular complexity index is 360. The van der Waals surface area contributed by atoms with Crippen LogP contribution in [0.25, 0.3) is 0 Å². The highest BCUT2D eigenvalue weighted by molar-refractivity contribution is 5.54. The van der Waals surface area contributed by atoms with Gasteiger partial charge in [-0.15, -0.1) is 0 Å². The Hall–Kier alpha value is -0.520. The molecule has 0 aliphatic heterocycles. The molecule has 1 spiro atoms. The van der Waals surface area contributed by atoms with Gasteiger partial charge in [0.05, 0.1) is 0 Å². The van der Waals surface area contributed by atoms with E-state index >= 15 is 0 Å². The zero-order valence-electron chi connectivity index (χ0n) is 8.27. The van der Waals surface area contributed by atoms with Gasteiger partial charge in [-0.25, -0.2) is 0 Å². The molecule has 68 valence electrons. The first-order valence-electron chi connectivity index (χ1n) is 5.67. The molecule has 0 amide bonds. The summed E-state index contributed by atoms with van der Waals surface area (Å²) in [7, 11) is 0. The Morgan fingerprint density at radius 2 is 2.23 bits per heavy atom. The third kappa shape index (κ3) is 0.478. The first-order valence-corrected chi connectivity index (χ1v) is 5.67. The Balaban J connectivity index is 1.99. The molecule has 0 radical (unpaired) electrons. The van der Waals surface area contributed by atoms with Crippen LogP contribution in [0.3, 0.4) is 0 Å². The van der Waals surface area contributed by atoms with Crippen LogP contribution in [0.2, 0.25) is 0 Å². The third-order valence-corrected chi connectivity index (χ3v) is 5.33. The summed E-state index contributed by atoms with van der Waals surface area (Å²) in [5.74, 6) is 2.77. The van der Waals surface area contributed by atoms with Gasteiger partial charge in [-0.1, -0.05) is 30.2 Å². The van der Waals surface area contributed by atoms with Gasteiger partial charge in [0, 0.05) is 5.41 Å². The molecule has 0 aromatic carbocycles. The maximum absolute atomic E-state index is 4.37. The van der Waals surface area contributed by atoms with E-state index in [9.17, 15) is 0 Å². The zero-order chi connectivity index (χ0) is 8.79. The van der Waals surface area contributed by atoms with Crippen LogP contribution in [0.15, 0.2) is 23.3 Å². The summed E-state index contributed by atoms with van der Waals surface area (Å²) >= 11 is 0. The van der Waals surface area contributed by atoms with Gasteiger partial charge in [0.2, 0.25) is 0 Å². The molecular weight excluding hydrogens is 156 g/mol. The molecule has 2 saturated carbocycles. The van der Waals surface area contributed by atoms with Crippen molar-refractivity contribution in [1.29, 1.82) is 0 Å². The minimum Gasteiger partial charge on any atom is -0.0987 e. The van der Waals surface area contributed by atoms with Crippen LogP contribution in [0.4, 0.5) is 0 Å². The summed E-state index contributed by atoms with van der Waals surface area (Å²) in [5.41, 5.74) is 5.92. The van der Waals surface area contributed by atoms with Gasteiger partial charge in [0.15, 0.2) is 0 Å². The van der Waals surface area contributed by atoms with Gasteiger partial charge >= 0.3 is 0 Å². The number of allylic oxidation sites excluding steroid dienone is 3. The Kier molecular flexibility index (Phi) is 0.882. The van der Waals surface area contributed by atoms with Crippen LogP contribution in [0, 0.1) is 23.2 Å². The van der Waals surface area contributed by atoms with Crippen LogP contribution in [0.1, 0.15) is 32.6 Å². The van der Waals surface area contributed by atoms with E-state index in [1.165, 1.54) is 25.7 Å². The molecule has 4 atom stereocenters. The molecule has 0 saturated heterocycles. The van der Waals surface area contributed by atoms with Gasteiger partial charge in [-0.3, -0.25) is 0 Å². The van der Waals surface area contributed by atoms with E-state index in [1.807, 2.05) is 11.1 Å². The van der Waals surface area contributed by atoms with Crippen LogP contribution in [0.5, 0.6) is 0 Å². The van der Waals surface area contributed by atoms with Crippen molar-refractivity contribution in [2.24, 2.45) is 23.2 Å². The highest BCUT2D eigenvalue weighted by Gasteiger charge is 2.64. The average molecular weight is 172 g/mol.